The molecule has 1 aromatic carbocycles. The molecule has 3 rings (SSSR count). The normalized spacial score (nSPS) is 12.3. The van der Waals surface area contributed by atoms with E-state index >= 15 is 0 Å². The van der Waals surface area contributed by atoms with E-state index in [1.165, 1.54) is 12.1 Å². The summed E-state index contributed by atoms with van der Waals surface area (Å²) in [5.74, 6) is -0.888. The van der Waals surface area contributed by atoms with Crippen LogP contribution in [-0.4, -0.2) is 26.2 Å². The van der Waals surface area contributed by atoms with Gasteiger partial charge in [0.1, 0.15) is 11.3 Å². The molecule has 1 atom stereocenters. The van der Waals surface area contributed by atoms with Gasteiger partial charge in [0.05, 0.1) is 17.0 Å². The number of aromatic amines is 1. The van der Waals surface area contributed by atoms with Crippen molar-refractivity contribution in [1.29, 1.82) is 0 Å². The van der Waals surface area contributed by atoms with E-state index in [1.54, 1.807) is 16.7 Å². The maximum Gasteiger partial charge on any atom is 0.278 e. The van der Waals surface area contributed by atoms with E-state index < -0.39 is 5.82 Å². The van der Waals surface area contributed by atoms with E-state index in [-0.39, 0.29) is 28.9 Å². The van der Waals surface area contributed by atoms with Gasteiger partial charge in [0.25, 0.3) is 5.56 Å². The van der Waals surface area contributed by atoms with Crippen molar-refractivity contribution in [1.82, 2.24) is 14.5 Å². The Kier molecular flexibility index (Phi) is 6.24. The lowest BCUT2D eigenvalue weighted by molar-refractivity contribution is -0.113. The van der Waals surface area contributed by atoms with Crippen LogP contribution in [0.1, 0.15) is 32.0 Å². The zero-order chi connectivity index (χ0) is 20.4. The second-order valence-electron chi connectivity index (χ2n) is 6.50. The molecule has 9 heteroatoms. The van der Waals surface area contributed by atoms with Crippen LogP contribution in [0.5, 0.6) is 0 Å². The number of hydrogen-bond acceptors (Lipinski definition) is 4. The average Bonchev–Trinajstić information content (AvgIpc) is 3.02. The van der Waals surface area contributed by atoms with Crippen LogP contribution in [0.2, 0.25) is 0 Å². The topological polar surface area (TPSA) is 79.8 Å². The molecule has 0 spiro atoms. The quantitative estimate of drug-likeness (QED) is 0.409. The van der Waals surface area contributed by atoms with Crippen molar-refractivity contribution in [3.05, 3.63) is 50.6 Å². The monoisotopic (exact) mass is 466 g/mol. The number of fused-ring (bicyclic) bond motifs is 1. The predicted molar refractivity (Wildman–Crippen MR) is 114 cm³/mol. The lowest BCUT2D eigenvalue weighted by Gasteiger charge is -2.17. The van der Waals surface area contributed by atoms with Gasteiger partial charge in [-0.05, 0) is 44.5 Å². The van der Waals surface area contributed by atoms with Crippen molar-refractivity contribution in [2.45, 2.75) is 38.4 Å². The Hall–Kier alpha value is -2.13. The SMILES string of the molecule is CC[C@@H](C)n1c(SCC(=O)Nc2ccc(Br)cc2F)nc2cc(C)[nH]c2c1=O. The van der Waals surface area contributed by atoms with Crippen LogP contribution in [0.3, 0.4) is 0 Å². The molecule has 2 aromatic heterocycles. The molecule has 0 aliphatic heterocycles. The third-order valence-corrected chi connectivity index (χ3v) is 5.80. The number of amides is 1. The Morgan fingerprint density at radius 1 is 1.43 bits per heavy atom. The number of carbonyl (C=O) groups is 1. The minimum Gasteiger partial charge on any atom is -0.353 e. The summed E-state index contributed by atoms with van der Waals surface area (Å²) in [6.07, 6.45) is 0.747. The van der Waals surface area contributed by atoms with Gasteiger partial charge in [0.15, 0.2) is 5.16 Å². The first kappa shape index (κ1) is 20.6. The summed E-state index contributed by atoms with van der Waals surface area (Å²) in [5, 5.41) is 3.02. The van der Waals surface area contributed by atoms with Gasteiger partial charge in [-0.1, -0.05) is 34.6 Å². The van der Waals surface area contributed by atoms with Crippen molar-refractivity contribution in [3.63, 3.8) is 0 Å². The minimum absolute atomic E-state index is 0.00723. The molecular weight excluding hydrogens is 447 g/mol. The molecule has 0 saturated heterocycles. The third kappa shape index (κ3) is 4.30. The maximum atomic E-state index is 13.9. The summed E-state index contributed by atoms with van der Waals surface area (Å²) in [7, 11) is 0. The van der Waals surface area contributed by atoms with E-state index in [0.29, 0.717) is 20.7 Å². The first-order valence-corrected chi connectivity index (χ1v) is 10.6. The van der Waals surface area contributed by atoms with Crippen molar-refractivity contribution < 1.29 is 9.18 Å². The number of thioether (sulfide) groups is 1. The number of benzene rings is 1. The molecule has 148 valence electrons. The summed E-state index contributed by atoms with van der Waals surface area (Å²) in [4.78, 5) is 32.8. The Bertz CT molecular complexity index is 1100. The second-order valence-corrected chi connectivity index (χ2v) is 8.36. The number of hydrogen-bond donors (Lipinski definition) is 2. The maximum absolute atomic E-state index is 13.9. The van der Waals surface area contributed by atoms with Gasteiger partial charge in [0, 0.05) is 16.2 Å². The van der Waals surface area contributed by atoms with Crippen LogP contribution in [0, 0.1) is 12.7 Å². The largest absolute Gasteiger partial charge is 0.353 e. The smallest absolute Gasteiger partial charge is 0.278 e. The van der Waals surface area contributed by atoms with Crippen LogP contribution < -0.4 is 10.9 Å². The standard InChI is InChI=1S/C19H20BrFN4O2S/c1-4-11(3)25-18(27)17-15(7-10(2)22-17)24-19(25)28-9-16(26)23-14-6-5-12(20)8-13(14)21/h5-8,11,22H,4,9H2,1-3H3,(H,23,26)/t11-/m1/s1. The molecule has 0 saturated carbocycles. The lowest BCUT2D eigenvalue weighted by Crippen LogP contribution is -2.26. The van der Waals surface area contributed by atoms with Crippen molar-refractivity contribution in [2.24, 2.45) is 0 Å². The number of aryl methyl sites for hydroxylation is 1. The zero-order valence-corrected chi connectivity index (χ0v) is 18.1. The molecule has 6 nitrogen and oxygen atoms in total. The lowest BCUT2D eigenvalue weighted by atomic mass is 10.2. The number of rotatable bonds is 6. The summed E-state index contributed by atoms with van der Waals surface area (Å²) in [6.45, 7) is 5.78. The fraction of sp³-hybridized carbons (Fsp3) is 0.316. The van der Waals surface area contributed by atoms with E-state index in [1.807, 2.05) is 20.8 Å². The van der Waals surface area contributed by atoms with E-state index in [0.717, 1.165) is 23.9 Å². The first-order valence-electron chi connectivity index (χ1n) is 8.79. The molecule has 28 heavy (non-hydrogen) atoms. The summed E-state index contributed by atoms with van der Waals surface area (Å²) < 4.78 is 16.1. The number of nitrogens with one attached hydrogen (secondary N) is 2. The number of aromatic nitrogens is 3. The van der Waals surface area contributed by atoms with Crippen LogP contribution in [0.15, 0.2) is 38.7 Å². The molecule has 2 N–H and O–H groups in total. The molecular formula is C19H20BrFN4O2S. The highest BCUT2D eigenvalue weighted by atomic mass is 79.9. The molecule has 3 aromatic rings. The molecule has 0 aliphatic rings. The Morgan fingerprint density at radius 2 is 2.18 bits per heavy atom. The highest BCUT2D eigenvalue weighted by molar-refractivity contribution is 9.10. The van der Waals surface area contributed by atoms with Crippen LogP contribution >= 0.6 is 27.7 Å². The Labute approximate surface area is 174 Å². The molecule has 0 aliphatic carbocycles. The van der Waals surface area contributed by atoms with E-state index in [4.69, 9.17) is 0 Å². The van der Waals surface area contributed by atoms with E-state index in [9.17, 15) is 14.0 Å². The van der Waals surface area contributed by atoms with Gasteiger partial charge in [-0.3, -0.25) is 14.2 Å². The Balaban J connectivity index is 1.84. The van der Waals surface area contributed by atoms with Crippen LogP contribution in [0.25, 0.3) is 11.0 Å². The molecule has 0 radical (unpaired) electrons. The minimum atomic E-state index is -0.522. The molecule has 2 heterocycles. The predicted octanol–water partition coefficient (Wildman–Crippen LogP) is 4.64. The Morgan fingerprint density at radius 3 is 2.86 bits per heavy atom. The zero-order valence-electron chi connectivity index (χ0n) is 15.7. The van der Waals surface area contributed by atoms with Gasteiger partial charge in [-0.15, -0.1) is 0 Å². The number of carbonyl (C=O) groups excluding carboxylic acids is 1. The molecule has 0 unspecified atom stereocenters. The summed E-state index contributed by atoms with van der Waals surface area (Å²) in [6, 6.07) is 6.16. The number of anilines is 1. The van der Waals surface area contributed by atoms with Crippen LogP contribution in [0.4, 0.5) is 10.1 Å². The van der Waals surface area contributed by atoms with Crippen molar-refractivity contribution in [3.8, 4) is 0 Å². The average molecular weight is 467 g/mol. The fourth-order valence-electron chi connectivity index (χ4n) is 2.77. The van der Waals surface area contributed by atoms with Gasteiger partial charge in [-0.2, -0.15) is 0 Å². The fourth-order valence-corrected chi connectivity index (χ4v) is 4.00. The molecule has 0 bridgehead atoms. The van der Waals surface area contributed by atoms with Gasteiger partial charge < -0.3 is 10.3 Å². The van der Waals surface area contributed by atoms with Crippen molar-refractivity contribution >= 4 is 50.3 Å². The van der Waals surface area contributed by atoms with Gasteiger partial charge in [0.2, 0.25) is 5.91 Å². The van der Waals surface area contributed by atoms with Crippen LogP contribution in [-0.2, 0) is 4.79 Å². The summed E-state index contributed by atoms with van der Waals surface area (Å²) in [5.41, 5.74) is 1.83. The number of halogens is 2. The van der Waals surface area contributed by atoms with Gasteiger partial charge in [-0.25, -0.2) is 9.37 Å². The number of nitrogens with zero attached hydrogens (tertiary/aromatic N) is 2. The van der Waals surface area contributed by atoms with Gasteiger partial charge >= 0.3 is 0 Å². The number of H-pyrrole nitrogens is 1. The third-order valence-electron chi connectivity index (χ3n) is 4.36. The van der Waals surface area contributed by atoms with Crippen molar-refractivity contribution in [2.75, 3.05) is 11.1 Å². The molecule has 1 amide bonds. The molecule has 0 fully saturated rings. The first-order chi connectivity index (χ1) is 13.3. The second kappa shape index (κ2) is 8.48. The highest BCUT2D eigenvalue weighted by Crippen LogP contribution is 2.24. The van der Waals surface area contributed by atoms with E-state index in [2.05, 4.69) is 31.2 Å². The highest BCUT2D eigenvalue weighted by Gasteiger charge is 2.18. The summed E-state index contributed by atoms with van der Waals surface area (Å²) >= 11 is 4.34.